The van der Waals surface area contributed by atoms with Crippen LogP contribution < -0.4 is 10.6 Å². The average molecular weight is 230 g/mol. The lowest BCUT2D eigenvalue weighted by atomic mass is 10.0. The molecule has 1 aliphatic rings. The molecule has 0 radical (unpaired) electrons. The maximum absolute atomic E-state index is 11.4. The highest BCUT2D eigenvalue weighted by molar-refractivity contribution is 5.84. The second kappa shape index (κ2) is 5.27. The maximum Gasteiger partial charge on any atom is 0.328 e. The summed E-state index contributed by atoms with van der Waals surface area (Å²) in [7, 11) is 1.28. The quantitative estimate of drug-likeness (QED) is 0.595. The van der Waals surface area contributed by atoms with Crippen LogP contribution in [0, 0.1) is 0 Å². The fourth-order valence-corrected chi connectivity index (χ4v) is 1.34. The zero-order valence-corrected chi connectivity index (χ0v) is 9.83. The van der Waals surface area contributed by atoms with Gasteiger partial charge in [0.1, 0.15) is 12.6 Å². The van der Waals surface area contributed by atoms with Crippen LogP contribution in [0.5, 0.6) is 0 Å². The van der Waals surface area contributed by atoms with E-state index in [1.54, 1.807) is 6.92 Å². The average Bonchev–Trinajstić information content (AvgIpc) is 2.22. The van der Waals surface area contributed by atoms with Gasteiger partial charge in [0.25, 0.3) is 0 Å². The molecule has 1 fully saturated rings. The van der Waals surface area contributed by atoms with E-state index in [1.165, 1.54) is 7.11 Å². The molecule has 1 rings (SSSR count). The van der Waals surface area contributed by atoms with E-state index >= 15 is 0 Å². The van der Waals surface area contributed by atoms with Gasteiger partial charge in [0.05, 0.1) is 12.7 Å². The molecule has 0 unspecified atom stereocenters. The summed E-state index contributed by atoms with van der Waals surface area (Å²) in [6, 6.07) is -0.645. The second-order valence-corrected chi connectivity index (χ2v) is 4.15. The molecule has 16 heavy (non-hydrogen) atoms. The molecule has 1 heterocycles. The van der Waals surface area contributed by atoms with Crippen molar-refractivity contribution in [2.45, 2.75) is 25.5 Å². The van der Waals surface area contributed by atoms with Crippen molar-refractivity contribution in [3.63, 3.8) is 0 Å². The highest BCUT2D eigenvalue weighted by atomic mass is 16.5. The lowest BCUT2D eigenvalue weighted by Gasteiger charge is -2.38. The summed E-state index contributed by atoms with van der Waals surface area (Å²) in [6.07, 6.45) is 0. The Hall–Kier alpha value is -1.14. The van der Waals surface area contributed by atoms with Gasteiger partial charge in [-0.15, -0.1) is 0 Å². The normalized spacial score (nSPS) is 19.4. The van der Waals surface area contributed by atoms with Gasteiger partial charge >= 0.3 is 5.97 Å². The third-order valence-corrected chi connectivity index (χ3v) is 2.48. The largest absolute Gasteiger partial charge is 0.467 e. The second-order valence-electron chi connectivity index (χ2n) is 4.15. The van der Waals surface area contributed by atoms with Crippen LogP contribution in [0.1, 0.15) is 13.8 Å². The molecule has 1 saturated heterocycles. The highest BCUT2D eigenvalue weighted by Crippen LogP contribution is 2.14. The van der Waals surface area contributed by atoms with Crippen molar-refractivity contribution in [1.82, 2.24) is 10.6 Å². The Morgan fingerprint density at radius 2 is 2.12 bits per heavy atom. The number of esters is 1. The SMILES string of the molecule is COC(=O)[C@H](C)NC(=O)COC1(C)CNC1. The summed E-state index contributed by atoms with van der Waals surface area (Å²) < 4.78 is 9.90. The molecule has 2 N–H and O–H groups in total. The first-order valence-corrected chi connectivity index (χ1v) is 5.19. The molecule has 0 aromatic rings. The van der Waals surface area contributed by atoms with Crippen LogP contribution in [0.4, 0.5) is 0 Å². The number of methoxy groups -OCH3 is 1. The van der Waals surface area contributed by atoms with Crippen molar-refractivity contribution in [3.8, 4) is 0 Å². The summed E-state index contributed by atoms with van der Waals surface area (Å²) in [5.41, 5.74) is -0.258. The van der Waals surface area contributed by atoms with E-state index in [0.717, 1.165) is 13.1 Å². The van der Waals surface area contributed by atoms with E-state index in [0.29, 0.717) is 0 Å². The number of ether oxygens (including phenoxy) is 2. The molecule has 0 bridgehead atoms. The number of hydrogen-bond donors (Lipinski definition) is 2. The van der Waals surface area contributed by atoms with Crippen LogP contribution in [-0.4, -0.2) is 50.3 Å². The van der Waals surface area contributed by atoms with Crippen molar-refractivity contribution in [1.29, 1.82) is 0 Å². The van der Waals surface area contributed by atoms with E-state index in [-0.39, 0.29) is 18.1 Å². The molecule has 0 aromatic carbocycles. The first kappa shape index (κ1) is 12.9. The molecule has 6 heteroatoms. The standard InChI is InChI=1S/C10H18N2O4/c1-7(9(14)15-3)12-8(13)4-16-10(2)5-11-6-10/h7,11H,4-6H2,1-3H3,(H,12,13)/t7-/m0/s1. The topological polar surface area (TPSA) is 76.7 Å². The van der Waals surface area contributed by atoms with E-state index in [4.69, 9.17) is 4.74 Å². The molecule has 0 saturated carbocycles. The fraction of sp³-hybridized carbons (Fsp3) is 0.800. The van der Waals surface area contributed by atoms with Gasteiger partial charge in [-0.05, 0) is 13.8 Å². The molecular formula is C10H18N2O4. The summed E-state index contributed by atoms with van der Waals surface area (Å²) in [5, 5.41) is 5.56. The molecule has 1 amide bonds. The predicted molar refractivity (Wildman–Crippen MR) is 56.8 cm³/mol. The van der Waals surface area contributed by atoms with Crippen LogP contribution in [0.15, 0.2) is 0 Å². The molecule has 6 nitrogen and oxygen atoms in total. The van der Waals surface area contributed by atoms with Gasteiger partial charge in [-0.1, -0.05) is 0 Å². The predicted octanol–water partition coefficient (Wildman–Crippen LogP) is -0.957. The third kappa shape index (κ3) is 3.46. The van der Waals surface area contributed by atoms with Gasteiger partial charge < -0.3 is 20.1 Å². The Balaban J connectivity index is 2.22. The molecule has 92 valence electrons. The number of carbonyl (C=O) groups excluding carboxylic acids is 2. The van der Waals surface area contributed by atoms with Crippen molar-refractivity contribution >= 4 is 11.9 Å². The molecule has 1 aliphatic heterocycles. The molecular weight excluding hydrogens is 212 g/mol. The van der Waals surface area contributed by atoms with Crippen molar-refractivity contribution in [2.75, 3.05) is 26.8 Å². The Labute approximate surface area is 94.7 Å². The summed E-state index contributed by atoms with van der Waals surface area (Å²) in [4.78, 5) is 22.4. The van der Waals surface area contributed by atoms with E-state index < -0.39 is 12.0 Å². The van der Waals surface area contributed by atoms with Gasteiger partial charge in [-0.25, -0.2) is 4.79 Å². The zero-order valence-electron chi connectivity index (χ0n) is 9.83. The summed E-state index contributed by atoms with van der Waals surface area (Å²) in [5.74, 6) is -0.782. The van der Waals surface area contributed by atoms with E-state index in [1.807, 2.05) is 6.92 Å². The number of rotatable bonds is 5. The van der Waals surface area contributed by atoms with E-state index in [9.17, 15) is 9.59 Å². The van der Waals surface area contributed by atoms with Crippen LogP contribution in [-0.2, 0) is 19.1 Å². The summed E-state index contributed by atoms with van der Waals surface area (Å²) in [6.45, 7) is 4.94. The Morgan fingerprint density at radius 1 is 1.50 bits per heavy atom. The first-order chi connectivity index (χ1) is 7.47. The van der Waals surface area contributed by atoms with E-state index in [2.05, 4.69) is 15.4 Å². The number of carbonyl (C=O) groups is 2. The molecule has 0 aliphatic carbocycles. The Bertz CT molecular complexity index is 276. The summed E-state index contributed by atoms with van der Waals surface area (Å²) >= 11 is 0. The Morgan fingerprint density at radius 3 is 2.56 bits per heavy atom. The minimum atomic E-state index is -0.645. The smallest absolute Gasteiger partial charge is 0.328 e. The first-order valence-electron chi connectivity index (χ1n) is 5.19. The minimum absolute atomic E-state index is 0.0421. The lowest BCUT2D eigenvalue weighted by molar-refractivity contribution is -0.147. The fourth-order valence-electron chi connectivity index (χ4n) is 1.34. The zero-order chi connectivity index (χ0) is 12.2. The molecule has 0 spiro atoms. The van der Waals surface area contributed by atoms with Crippen molar-refractivity contribution < 1.29 is 19.1 Å². The number of hydrogen-bond acceptors (Lipinski definition) is 5. The maximum atomic E-state index is 11.4. The minimum Gasteiger partial charge on any atom is -0.467 e. The van der Waals surface area contributed by atoms with Gasteiger partial charge in [0.2, 0.25) is 5.91 Å². The van der Waals surface area contributed by atoms with Crippen LogP contribution in [0.2, 0.25) is 0 Å². The monoisotopic (exact) mass is 230 g/mol. The number of amides is 1. The van der Waals surface area contributed by atoms with Crippen LogP contribution in [0.25, 0.3) is 0 Å². The number of nitrogens with one attached hydrogen (secondary N) is 2. The lowest BCUT2D eigenvalue weighted by Crippen LogP contribution is -2.59. The Kier molecular flexibility index (Phi) is 4.26. The highest BCUT2D eigenvalue weighted by Gasteiger charge is 2.33. The van der Waals surface area contributed by atoms with Crippen molar-refractivity contribution in [2.24, 2.45) is 0 Å². The molecule has 0 aromatic heterocycles. The van der Waals surface area contributed by atoms with Gasteiger partial charge in [0, 0.05) is 13.1 Å². The van der Waals surface area contributed by atoms with Crippen LogP contribution >= 0.6 is 0 Å². The molecule has 1 atom stereocenters. The van der Waals surface area contributed by atoms with Gasteiger partial charge in [-0.2, -0.15) is 0 Å². The third-order valence-electron chi connectivity index (χ3n) is 2.48. The van der Waals surface area contributed by atoms with Crippen LogP contribution in [0.3, 0.4) is 0 Å². The van der Waals surface area contributed by atoms with Crippen molar-refractivity contribution in [3.05, 3.63) is 0 Å². The van der Waals surface area contributed by atoms with Gasteiger partial charge in [-0.3, -0.25) is 4.79 Å². The van der Waals surface area contributed by atoms with Gasteiger partial charge in [0.15, 0.2) is 0 Å².